The lowest BCUT2D eigenvalue weighted by atomic mass is 9.90. The maximum Gasteiger partial charge on any atom is 0.263 e. The highest BCUT2D eigenvalue weighted by molar-refractivity contribution is 7.21. The third kappa shape index (κ3) is 4.83. The largest absolute Gasteiger partial charge is 0.475 e. The van der Waals surface area contributed by atoms with Crippen LogP contribution in [0.4, 0.5) is 0 Å². The van der Waals surface area contributed by atoms with Crippen molar-refractivity contribution in [3.63, 3.8) is 0 Å². The minimum atomic E-state index is -0.228. The number of hydrogen-bond acceptors (Lipinski definition) is 6. The van der Waals surface area contributed by atoms with Gasteiger partial charge in [-0.25, -0.2) is 9.97 Å². The van der Waals surface area contributed by atoms with Crippen molar-refractivity contribution in [1.82, 2.24) is 30.2 Å². The van der Waals surface area contributed by atoms with Gasteiger partial charge in [-0.2, -0.15) is 0 Å². The molecule has 10 heteroatoms. The number of nitrogens with zero attached hydrogens (tertiary/aromatic N) is 3. The van der Waals surface area contributed by atoms with Gasteiger partial charge in [-0.15, -0.1) is 11.3 Å². The van der Waals surface area contributed by atoms with E-state index in [4.69, 9.17) is 4.74 Å². The molecule has 0 aromatic carbocycles. The molecule has 0 bridgehead atoms. The van der Waals surface area contributed by atoms with Crippen molar-refractivity contribution in [2.45, 2.75) is 64.6 Å². The standard InChI is InChI=1S/C28H32N6O3S/c1-6-22(35)32-18-9-7-8-10-19(18)33-27(36)26-25-24-21(13-14-29-28(24)38-26)34(17(5)31-25)20-11-12-23(30-16(20)4)37-15(2)3/h6,11-15,18-19,31H,1,5,7-10H2,2-4H3,(H,32,35)(H,33,36)/t18-,19+/m0/s1. The van der Waals surface area contributed by atoms with Gasteiger partial charge in [0.15, 0.2) is 0 Å². The third-order valence-corrected chi connectivity index (χ3v) is 7.88. The monoisotopic (exact) mass is 532 g/mol. The molecule has 1 saturated carbocycles. The van der Waals surface area contributed by atoms with Gasteiger partial charge in [-0.1, -0.05) is 26.0 Å². The summed E-state index contributed by atoms with van der Waals surface area (Å²) in [5.41, 5.74) is 3.82. The Kier molecular flexibility index (Phi) is 7.07. The van der Waals surface area contributed by atoms with Crippen LogP contribution in [-0.2, 0) is 4.79 Å². The number of aromatic amines is 1. The summed E-state index contributed by atoms with van der Waals surface area (Å²) in [6.45, 7) is 13.7. The summed E-state index contributed by atoms with van der Waals surface area (Å²) in [7, 11) is 0. The van der Waals surface area contributed by atoms with Gasteiger partial charge >= 0.3 is 0 Å². The second-order valence-corrected chi connectivity index (χ2v) is 10.8. The van der Waals surface area contributed by atoms with Crippen molar-refractivity contribution in [2.24, 2.45) is 0 Å². The summed E-state index contributed by atoms with van der Waals surface area (Å²) in [4.78, 5) is 39.3. The fourth-order valence-electron chi connectivity index (χ4n) is 5.12. The van der Waals surface area contributed by atoms with Gasteiger partial charge in [0.05, 0.1) is 33.9 Å². The molecule has 4 aromatic heterocycles. The highest BCUT2D eigenvalue weighted by Crippen LogP contribution is 2.34. The lowest BCUT2D eigenvalue weighted by Gasteiger charge is -2.32. The van der Waals surface area contributed by atoms with E-state index in [9.17, 15) is 9.59 Å². The second-order valence-electron chi connectivity index (χ2n) is 9.83. The Morgan fingerprint density at radius 2 is 1.95 bits per heavy atom. The number of amides is 2. The first kappa shape index (κ1) is 25.7. The molecule has 9 nitrogen and oxygen atoms in total. The number of nitrogens with one attached hydrogen (secondary N) is 3. The first-order valence-electron chi connectivity index (χ1n) is 12.8. The molecule has 38 heavy (non-hydrogen) atoms. The minimum Gasteiger partial charge on any atom is -0.475 e. The van der Waals surface area contributed by atoms with Crippen LogP contribution in [0.15, 0.2) is 37.1 Å². The van der Waals surface area contributed by atoms with E-state index in [-0.39, 0.29) is 30.0 Å². The average Bonchev–Trinajstić information content (AvgIpc) is 3.25. The maximum absolute atomic E-state index is 13.6. The number of hydrogen-bond donors (Lipinski definition) is 3. The fourth-order valence-corrected chi connectivity index (χ4v) is 6.14. The number of H-pyrrole nitrogens is 1. The Bertz CT molecular complexity index is 1600. The molecule has 0 aliphatic heterocycles. The molecule has 0 radical (unpaired) electrons. The first-order chi connectivity index (χ1) is 18.3. The predicted molar refractivity (Wildman–Crippen MR) is 151 cm³/mol. The molecular formula is C28H32N6O3S. The van der Waals surface area contributed by atoms with Crippen LogP contribution in [0.3, 0.4) is 0 Å². The zero-order valence-corrected chi connectivity index (χ0v) is 22.7. The molecule has 1 aliphatic rings. The van der Waals surface area contributed by atoms with Gasteiger partial charge in [-0.3, -0.25) is 14.2 Å². The number of pyridine rings is 2. The van der Waals surface area contributed by atoms with Gasteiger partial charge < -0.3 is 20.4 Å². The fraction of sp³-hybridized carbons (Fsp3) is 0.357. The van der Waals surface area contributed by atoms with Crippen molar-refractivity contribution in [2.75, 3.05) is 0 Å². The predicted octanol–water partition coefficient (Wildman–Crippen LogP) is 4.09. The maximum atomic E-state index is 13.6. The number of carbonyl (C=O) groups excluding carboxylic acids is 2. The summed E-state index contributed by atoms with van der Waals surface area (Å²) >= 11 is 1.34. The highest BCUT2D eigenvalue weighted by Gasteiger charge is 2.29. The zero-order chi connectivity index (χ0) is 27.0. The van der Waals surface area contributed by atoms with Crippen LogP contribution >= 0.6 is 11.3 Å². The molecule has 2 amide bonds. The Morgan fingerprint density at radius 3 is 2.63 bits per heavy atom. The number of aromatic nitrogens is 4. The molecule has 4 heterocycles. The Balaban J connectivity index is 1.54. The summed E-state index contributed by atoms with van der Waals surface area (Å²) in [5, 5.41) is 7.00. The van der Waals surface area contributed by atoms with Crippen LogP contribution < -0.4 is 20.9 Å². The number of rotatable bonds is 7. The van der Waals surface area contributed by atoms with E-state index in [1.807, 2.05) is 43.5 Å². The van der Waals surface area contributed by atoms with Crippen LogP contribution in [0.5, 0.6) is 5.88 Å². The number of ether oxygens (including phenoxy) is 1. The lowest BCUT2D eigenvalue weighted by molar-refractivity contribution is -0.117. The molecule has 0 spiro atoms. The Morgan fingerprint density at radius 1 is 1.21 bits per heavy atom. The SMILES string of the molecule is C=CC(=O)N[C@H]1CCCC[C@H]1NC(=O)c1sc2nccc3c2c1[nH]c(=C)n3-c1ccc(OC(C)C)nc1C. The van der Waals surface area contributed by atoms with Crippen LogP contribution in [0.1, 0.15) is 54.9 Å². The molecule has 0 unspecified atom stereocenters. The zero-order valence-electron chi connectivity index (χ0n) is 21.8. The number of aryl methyl sites for hydroxylation is 1. The van der Waals surface area contributed by atoms with E-state index in [1.165, 1.54) is 17.4 Å². The van der Waals surface area contributed by atoms with Crippen LogP contribution in [-0.4, -0.2) is 49.5 Å². The van der Waals surface area contributed by atoms with Gasteiger partial charge in [0.2, 0.25) is 11.8 Å². The van der Waals surface area contributed by atoms with Crippen molar-refractivity contribution >= 4 is 51.0 Å². The van der Waals surface area contributed by atoms with Crippen molar-refractivity contribution < 1.29 is 14.3 Å². The molecule has 3 N–H and O–H groups in total. The molecule has 0 saturated heterocycles. The molecule has 1 fully saturated rings. The first-order valence-corrected chi connectivity index (χ1v) is 13.6. The van der Waals surface area contributed by atoms with E-state index in [0.29, 0.717) is 21.8 Å². The quantitative estimate of drug-likeness (QED) is 0.310. The van der Waals surface area contributed by atoms with E-state index in [0.717, 1.165) is 52.8 Å². The third-order valence-electron chi connectivity index (χ3n) is 6.78. The Labute approximate surface area is 224 Å². The molecular weight excluding hydrogens is 500 g/mol. The van der Waals surface area contributed by atoms with Gasteiger partial charge in [0.25, 0.3) is 5.91 Å². The molecule has 198 valence electrons. The van der Waals surface area contributed by atoms with Crippen LogP contribution in [0.2, 0.25) is 0 Å². The lowest BCUT2D eigenvalue weighted by Crippen LogP contribution is -2.52. The number of carbonyl (C=O) groups is 2. The normalized spacial score (nSPS) is 17.6. The molecule has 2 atom stereocenters. The van der Waals surface area contributed by atoms with E-state index >= 15 is 0 Å². The summed E-state index contributed by atoms with van der Waals surface area (Å²) in [6.07, 6.45) is 6.65. The van der Waals surface area contributed by atoms with Crippen LogP contribution in [0.25, 0.3) is 33.5 Å². The topological polar surface area (TPSA) is 114 Å². The van der Waals surface area contributed by atoms with Crippen LogP contribution in [0, 0.1) is 6.92 Å². The summed E-state index contributed by atoms with van der Waals surface area (Å²) in [5.74, 6) is 0.145. The highest BCUT2D eigenvalue weighted by atomic mass is 32.1. The Hall–Kier alpha value is -3.92. The van der Waals surface area contributed by atoms with E-state index in [2.05, 4.69) is 38.7 Å². The van der Waals surface area contributed by atoms with Gasteiger partial charge in [0.1, 0.15) is 15.2 Å². The number of thiophene rings is 1. The van der Waals surface area contributed by atoms with Gasteiger partial charge in [0, 0.05) is 24.3 Å². The van der Waals surface area contributed by atoms with Crippen molar-refractivity contribution in [3.05, 3.63) is 53.1 Å². The average molecular weight is 533 g/mol. The van der Waals surface area contributed by atoms with Crippen molar-refractivity contribution in [3.8, 4) is 11.6 Å². The minimum absolute atomic E-state index is 0.0271. The smallest absolute Gasteiger partial charge is 0.263 e. The molecule has 1 aliphatic carbocycles. The second kappa shape index (κ2) is 10.4. The van der Waals surface area contributed by atoms with Gasteiger partial charge in [-0.05, 0) is 51.8 Å². The molecule has 5 rings (SSSR count). The van der Waals surface area contributed by atoms with E-state index in [1.54, 1.807) is 6.20 Å². The van der Waals surface area contributed by atoms with E-state index < -0.39 is 0 Å². The molecule has 4 aromatic rings. The van der Waals surface area contributed by atoms with Crippen molar-refractivity contribution in [1.29, 1.82) is 0 Å². The summed E-state index contributed by atoms with van der Waals surface area (Å²) < 4.78 is 7.75. The summed E-state index contributed by atoms with van der Waals surface area (Å²) in [6, 6.07) is 5.45.